The molecule has 1 aromatic rings. The molecule has 0 spiro atoms. The lowest BCUT2D eigenvalue weighted by Crippen LogP contribution is -2.17. The number of aromatic nitrogens is 3. The van der Waals surface area contributed by atoms with E-state index in [0.29, 0.717) is 0 Å². The van der Waals surface area contributed by atoms with Crippen LogP contribution in [0.25, 0.3) is 0 Å². The van der Waals surface area contributed by atoms with Crippen molar-refractivity contribution in [2.45, 2.75) is 31.5 Å². The van der Waals surface area contributed by atoms with E-state index in [4.69, 9.17) is 5.73 Å². The zero-order valence-corrected chi connectivity index (χ0v) is 7.96. The lowest BCUT2D eigenvalue weighted by Gasteiger charge is -2.09. The topological polar surface area (TPSA) is 56.7 Å². The summed E-state index contributed by atoms with van der Waals surface area (Å²) in [7, 11) is 0. The highest BCUT2D eigenvalue weighted by Gasteiger charge is 2.42. The summed E-state index contributed by atoms with van der Waals surface area (Å²) in [6.45, 7) is 0.145. The molecular formula is C8H11F3N4. The maximum Gasteiger partial charge on any atom is 0.434 e. The minimum absolute atomic E-state index is 0.0445. The van der Waals surface area contributed by atoms with Gasteiger partial charge < -0.3 is 5.73 Å². The van der Waals surface area contributed by atoms with Gasteiger partial charge >= 0.3 is 6.18 Å². The van der Waals surface area contributed by atoms with E-state index >= 15 is 0 Å². The van der Waals surface area contributed by atoms with E-state index in [-0.39, 0.29) is 24.7 Å². The van der Waals surface area contributed by atoms with E-state index < -0.39 is 11.9 Å². The second-order valence-corrected chi connectivity index (χ2v) is 3.60. The van der Waals surface area contributed by atoms with Gasteiger partial charge in [-0.25, -0.2) is 4.68 Å². The zero-order valence-electron chi connectivity index (χ0n) is 7.96. The average molecular weight is 220 g/mol. The number of nitrogens with zero attached hydrogens (tertiary/aromatic N) is 3. The van der Waals surface area contributed by atoms with Crippen molar-refractivity contribution in [3.8, 4) is 0 Å². The van der Waals surface area contributed by atoms with Crippen LogP contribution >= 0.6 is 0 Å². The highest BCUT2D eigenvalue weighted by atomic mass is 19.4. The maximum atomic E-state index is 12.7. The van der Waals surface area contributed by atoms with Gasteiger partial charge in [0.25, 0.3) is 0 Å². The molecule has 0 saturated heterocycles. The molecule has 1 saturated carbocycles. The van der Waals surface area contributed by atoms with E-state index in [2.05, 4.69) is 10.3 Å². The van der Waals surface area contributed by atoms with E-state index in [1.807, 2.05) is 0 Å². The first kappa shape index (κ1) is 10.4. The van der Waals surface area contributed by atoms with Crippen LogP contribution in [0.5, 0.6) is 0 Å². The van der Waals surface area contributed by atoms with Gasteiger partial charge in [-0.05, 0) is 19.4 Å². The van der Waals surface area contributed by atoms with Crippen molar-refractivity contribution in [2.75, 3.05) is 6.54 Å². The van der Waals surface area contributed by atoms with Gasteiger partial charge in [-0.1, -0.05) is 5.21 Å². The second-order valence-electron chi connectivity index (χ2n) is 3.60. The van der Waals surface area contributed by atoms with Gasteiger partial charge in [0.2, 0.25) is 0 Å². The van der Waals surface area contributed by atoms with Crippen molar-refractivity contribution in [3.63, 3.8) is 0 Å². The van der Waals surface area contributed by atoms with E-state index in [1.165, 1.54) is 0 Å². The molecule has 0 aliphatic heterocycles. The minimum Gasteiger partial charge on any atom is -0.330 e. The molecule has 1 aliphatic carbocycles. The van der Waals surface area contributed by atoms with Crippen LogP contribution in [-0.2, 0) is 12.6 Å². The lowest BCUT2D eigenvalue weighted by molar-refractivity contribution is -0.144. The summed E-state index contributed by atoms with van der Waals surface area (Å²) < 4.78 is 39.1. The molecule has 1 heterocycles. The summed E-state index contributed by atoms with van der Waals surface area (Å²) in [6.07, 6.45) is -2.79. The highest BCUT2D eigenvalue weighted by Crippen LogP contribution is 2.40. The van der Waals surface area contributed by atoms with E-state index in [1.54, 1.807) is 0 Å². The van der Waals surface area contributed by atoms with E-state index in [9.17, 15) is 13.2 Å². The molecule has 1 fully saturated rings. The first-order valence-electron chi connectivity index (χ1n) is 4.75. The molecule has 0 unspecified atom stereocenters. The molecule has 84 valence electrons. The average Bonchev–Trinajstić information content (AvgIpc) is 2.87. The van der Waals surface area contributed by atoms with Crippen LogP contribution in [0.3, 0.4) is 0 Å². The van der Waals surface area contributed by atoms with Crippen molar-refractivity contribution >= 4 is 0 Å². The number of hydrogen-bond acceptors (Lipinski definition) is 3. The van der Waals surface area contributed by atoms with Crippen molar-refractivity contribution in [1.29, 1.82) is 0 Å². The molecule has 0 radical (unpaired) electrons. The molecule has 2 N–H and O–H groups in total. The van der Waals surface area contributed by atoms with Gasteiger partial charge in [0, 0.05) is 6.42 Å². The Morgan fingerprint density at radius 3 is 2.53 bits per heavy atom. The zero-order chi connectivity index (χ0) is 11.1. The molecule has 1 aliphatic rings. The summed E-state index contributed by atoms with van der Waals surface area (Å²) in [4.78, 5) is 0. The lowest BCUT2D eigenvalue weighted by atomic mass is 10.2. The first-order chi connectivity index (χ1) is 7.04. The Kier molecular flexibility index (Phi) is 2.41. The molecule has 2 rings (SSSR count). The predicted octanol–water partition coefficient (Wildman–Crippen LogP) is 1.13. The number of halogens is 3. The standard InChI is InChI=1S/C8H11F3N4/c9-8(10,11)7-6(3-4-12)13-14-15(7)5-1-2-5/h5H,1-4,12H2. The third-order valence-corrected chi connectivity index (χ3v) is 2.31. The molecule has 0 aromatic carbocycles. The molecule has 1 aromatic heterocycles. The van der Waals surface area contributed by atoms with Gasteiger partial charge in [-0.15, -0.1) is 5.10 Å². The summed E-state index contributed by atoms with van der Waals surface area (Å²) in [5, 5.41) is 7.10. The van der Waals surface area contributed by atoms with Crippen molar-refractivity contribution in [3.05, 3.63) is 11.4 Å². The van der Waals surface area contributed by atoms with Crippen LogP contribution in [0.1, 0.15) is 30.3 Å². The summed E-state index contributed by atoms with van der Waals surface area (Å²) in [5.74, 6) is 0. The van der Waals surface area contributed by atoms with Gasteiger partial charge in [0.1, 0.15) is 0 Å². The van der Waals surface area contributed by atoms with Gasteiger partial charge in [0.05, 0.1) is 11.7 Å². The summed E-state index contributed by atoms with van der Waals surface area (Å²) in [6, 6.07) is -0.124. The quantitative estimate of drug-likeness (QED) is 0.830. The largest absolute Gasteiger partial charge is 0.434 e. The number of rotatable bonds is 3. The smallest absolute Gasteiger partial charge is 0.330 e. The Hall–Kier alpha value is -1.11. The second kappa shape index (κ2) is 3.48. The Bertz CT molecular complexity index is 353. The maximum absolute atomic E-state index is 12.7. The minimum atomic E-state index is -4.39. The van der Waals surface area contributed by atoms with Gasteiger partial charge in [0.15, 0.2) is 5.69 Å². The molecule has 0 amide bonds. The Morgan fingerprint density at radius 1 is 1.40 bits per heavy atom. The Labute approximate surface area is 84.2 Å². The van der Waals surface area contributed by atoms with Crippen LogP contribution in [0.15, 0.2) is 0 Å². The monoisotopic (exact) mass is 220 g/mol. The van der Waals surface area contributed by atoms with Gasteiger partial charge in [-0.2, -0.15) is 13.2 Å². The predicted molar refractivity (Wildman–Crippen MR) is 46.1 cm³/mol. The van der Waals surface area contributed by atoms with Crippen LogP contribution < -0.4 is 5.73 Å². The molecule has 4 nitrogen and oxygen atoms in total. The fraction of sp³-hybridized carbons (Fsp3) is 0.750. The van der Waals surface area contributed by atoms with E-state index in [0.717, 1.165) is 17.5 Å². The Balaban J connectivity index is 2.39. The van der Waals surface area contributed by atoms with Crippen LogP contribution in [0.4, 0.5) is 13.2 Å². The van der Waals surface area contributed by atoms with Crippen molar-refractivity contribution in [2.24, 2.45) is 5.73 Å². The highest BCUT2D eigenvalue weighted by molar-refractivity contribution is 5.16. The molecule has 7 heteroatoms. The van der Waals surface area contributed by atoms with Crippen molar-refractivity contribution < 1.29 is 13.2 Å². The van der Waals surface area contributed by atoms with Crippen LogP contribution in [0, 0.1) is 0 Å². The Morgan fingerprint density at radius 2 is 2.07 bits per heavy atom. The van der Waals surface area contributed by atoms with Crippen LogP contribution in [0.2, 0.25) is 0 Å². The van der Waals surface area contributed by atoms with Gasteiger partial charge in [-0.3, -0.25) is 0 Å². The fourth-order valence-electron chi connectivity index (χ4n) is 1.50. The number of alkyl halides is 3. The SMILES string of the molecule is NCCc1nnn(C2CC2)c1C(F)(F)F. The third-order valence-electron chi connectivity index (χ3n) is 2.31. The summed E-state index contributed by atoms with van der Waals surface area (Å²) >= 11 is 0. The molecule has 0 bridgehead atoms. The fourth-order valence-corrected chi connectivity index (χ4v) is 1.50. The van der Waals surface area contributed by atoms with Crippen molar-refractivity contribution in [1.82, 2.24) is 15.0 Å². The normalized spacial score (nSPS) is 17.1. The van der Waals surface area contributed by atoms with Crippen LogP contribution in [-0.4, -0.2) is 21.5 Å². The third kappa shape index (κ3) is 1.97. The summed E-state index contributed by atoms with van der Waals surface area (Å²) in [5.41, 5.74) is 4.46. The molecule has 0 atom stereocenters. The molecule has 15 heavy (non-hydrogen) atoms. The number of nitrogens with two attached hydrogens (primary N) is 1. The molecular weight excluding hydrogens is 209 g/mol. The first-order valence-corrected chi connectivity index (χ1v) is 4.75. The number of hydrogen-bond donors (Lipinski definition) is 1.